The number of nitrogens with zero attached hydrogens (tertiary/aromatic N) is 3. The van der Waals surface area contributed by atoms with E-state index in [0.717, 1.165) is 23.1 Å². The van der Waals surface area contributed by atoms with Gasteiger partial charge in [0, 0.05) is 16.8 Å². The summed E-state index contributed by atoms with van der Waals surface area (Å²) in [6.45, 7) is 2.07. The van der Waals surface area contributed by atoms with Crippen LogP contribution in [-0.2, 0) is 16.1 Å². The van der Waals surface area contributed by atoms with E-state index >= 15 is 0 Å². The lowest BCUT2D eigenvalue weighted by Crippen LogP contribution is -2.25. The average Bonchev–Trinajstić information content (AvgIpc) is 3.40. The molecule has 0 bridgehead atoms. The summed E-state index contributed by atoms with van der Waals surface area (Å²) in [5.41, 5.74) is 9.60. The number of alkyl halides is 3. The second kappa shape index (κ2) is 10.9. The lowest BCUT2D eigenvalue weighted by Gasteiger charge is -2.19. The van der Waals surface area contributed by atoms with E-state index in [-0.39, 0.29) is 17.4 Å². The maximum Gasteiger partial charge on any atom is 0.493 e. The van der Waals surface area contributed by atoms with Gasteiger partial charge in [0.25, 0.3) is 0 Å². The third kappa shape index (κ3) is 6.31. The Morgan fingerprint density at radius 1 is 1.08 bits per heavy atom. The molecule has 3 aromatic carbocycles. The van der Waals surface area contributed by atoms with Gasteiger partial charge in [0.1, 0.15) is 6.04 Å². The minimum atomic E-state index is -5.16. The number of carbonyl (C=O) groups excluding carboxylic acids is 1. The summed E-state index contributed by atoms with van der Waals surface area (Å²) >= 11 is 0. The van der Waals surface area contributed by atoms with Gasteiger partial charge in [0.05, 0.1) is 0 Å². The summed E-state index contributed by atoms with van der Waals surface area (Å²) < 4.78 is 36.9. The number of hydrogen-bond acceptors (Lipinski definition) is 6. The van der Waals surface area contributed by atoms with E-state index in [9.17, 15) is 18.0 Å². The highest BCUT2D eigenvalue weighted by molar-refractivity contribution is 5.97. The maximum atomic E-state index is 12.3. The van der Waals surface area contributed by atoms with E-state index < -0.39 is 12.1 Å². The predicted molar refractivity (Wildman–Crippen MR) is 132 cm³/mol. The van der Waals surface area contributed by atoms with Crippen molar-refractivity contribution >= 4 is 17.5 Å². The molecule has 0 aliphatic carbocycles. The monoisotopic (exact) mass is 508 g/mol. The topological polar surface area (TPSA) is 118 Å². The molecule has 0 saturated carbocycles. The fourth-order valence-corrected chi connectivity index (χ4v) is 3.52. The zero-order chi connectivity index (χ0) is 26.4. The molecule has 8 nitrogen and oxygen atoms in total. The third-order valence-electron chi connectivity index (χ3n) is 5.45. The Labute approximate surface area is 210 Å². The number of nitrogens with one attached hydrogen (secondary N) is 2. The summed E-state index contributed by atoms with van der Waals surface area (Å²) in [5.74, 6) is -1.68. The molecule has 190 valence electrons. The Hall–Kier alpha value is -4.67. The number of oxime groups is 1. The molecule has 4 N–H and O–H groups in total. The van der Waals surface area contributed by atoms with E-state index in [2.05, 4.69) is 38.5 Å². The van der Waals surface area contributed by atoms with Crippen molar-refractivity contribution in [2.45, 2.75) is 25.6 Å². The van der Waals surface area contributed by atoms with Crippen LogP contribution < -0.4 is 11.1 Å². The first-order valence-electron chi connectivity index (χ1n) is 11.3. The number of carbonyl (C=O) groups is 1. The number of H-pyrrole nitrogens is 1. The first-order chi connectivity index (χ1) is 17.7. The second-order valence-corrected chi connectivity index (χ2v) is 8.02. The fourth-order valence-electron chi connectivity index (χ4n) is 3.52. The molecule has 4 rings (SSSR count). The fraction of sp³-hybridized carbons (Fsp3) is 0.154. The zero-order valence-corrected chi connectivity index (χ0v) is 19.7. The molecule has 37 heavy (non-hydrogen) atoms. The quantitative estimate of drug-likeness (QED) is 0.134. The Morgan fingerprint density at radius 2 is 1.81 bits per heavy atom. The van der Waals surface area contributed by atoms with Crippen LogP contribution in [0.4, 0.5) is 18.9 Å². The van der Waals surface area contributed by atoms with Crippen molar-refractivity contribution in [3.63, 3.8) is 0 Å². The predicted octanol–water partition coefficient (Wildman–Crippen LogP) is 4.96. The number of anilines is 1. The summed E-state index contributed by atoms with van der Waals surface area (Å²) in [7, 11) is 0. The van der Waals surface area contributed by atoms with Gasteiger partial charge in [-0.05, 0) is 41.8 Å². The van der Waals surface area contributed by atoms with Gasteiger partial charge in [-0.25, -0.2) is 9.78 Å². The number of aryl methyl sites for hydroxylation is 1. The molecule has 0 amide bonds. The van der Waals surface area contributed by atoms with Crippen molar-refractivity contribution in [2.75, 3.05) is 5.32 Å². The molecule has 0 aliphatic heterocycles. The van der Waals surface area contributed by atoms with Crippen molar-refractivity contribution in [1.82, 2.24) is 15.2 Å². The summed E-state index contributed by atoms with van der Waals surface area (Å²) in [6.07, 6.45) is -4.30. The van der Waals surface area contributed by atoms with E-state index in [4.69, 9.17) is 10.7 Å². The highest BCUT2D eigenvalue weighted by Crippen LogP contribution is 2.27. The maximum absolute atomic E-state index is 12.3. The average molecular weight is 509 g/mol. The molecule has 1 heterocycles. The lowest BCUT2D eigenvalue weighted by molar-refractivity contribution is -0.199. The minimum Gasteiger partial charge on any atom is -0.380 e. The van der Waals surface area contributed by atoms with Crippen LogP contribution in [-0.4, -0.2) is 33.2 Å². The number of nitrogens with two attached hydrogens (primary N) is 1. The number of hydrogen-bond donors (Lipinski definition) is 3. The molecular formula is C26H23F3N6O2. The van der Waals surface area contributed by atoms with Crippen molar-refractivity contribution in [2.24, 2.45) is 10.9 Å². The van der Waals surface area contributed by atoms with E-state index in [1.807, 2.05) is 48.5 Å². The van der Waals surface area contributed by atoms with Gasteiger partial charge in [-0.15, -0.1) is 0 Å². The standard InChI is InChI=1S/C26H23F3N6O2/c1-2-16-7-6-10-19(15-16)21(24-32-23(33-34-24)18-8-4-3-5-9-18)31-20-13-11-17(12-14-20)22(30)35-37-25(36)26(27,28)29/h3-15,21,31H,2H2,1H3,(H2,30,35)(H,32,33,34). The first kappa shape index (κ1) is 25.4. The van der Waals surface area contributed by atoms with Crippen LogP contribution in [0.15, 0.2) is 84.0 Å². The zero-order valence-electron chi connectivity index (χ0n) is 19.7. The van der Waals surface area contributed by atoms with Gasteiger partial charge in [0.2, 0.25) is 0 Å². The Bertz CT molecular complexity index is 1390. The van der Waals surface area contributed by atoms with E-state index in [1.165, 1.54) is 12.1 Å². The normalized spacial score (nSPS) is 12.7. The number of amidine groups is 1. The van der Waals surface area contributed by atoms with Crippen LogP contribution in [0.1, 0.15) is 35.5 Å². The van der Waals surface area contributed by atoms with Crippen LogP contribution in [0.25, 0.3) is 11.4 Å². The molecular weight excluding hydrogens is 485 g/mol. The van der Waals surface area contributed by atoms with Crippen LogP contribution in [0.3, 0.4) is 0 Å². The number of aromatic nitrogens is 3. The van der Waals surface area contributed by atoms with Gasteiger partial charge >= 0.3 is 12.1 Å². The number of aromatic amines is 1. The Morgan fingerprint density at radius 3 is 2.49 bits per heavy atom. The molecule has 0 saturated heterocycles. The van der Waals surface area contributed by atoms with Gasteiger partial charge in [-0.1, -0.05) is 66.7 Å². The number of benzene rings is 3. The Kier molecular flexibility index (Phi) is 7.52. The molecule has 0 fully saturated rings. The largest absolute Gasteiger partial charge is 0.493 e. The van der Waals surface area contributed by atoms with Crippen LogP contribution in [0.5, 0.6) is 0 Å². The summed E-state index contributed by atoms with van der Waals surface area (Å²) in [6, 6.07) is 23.7. The van der Waals surface area contributed by atoms with Gasteiger partial charge in [-0.3, -0.25) is 5.10 Å². The molecule has 0 aliphatic rings. The SMILES string of the molecule is CCc1cccc(C(Nc2ccc(C(N)=NOC(=O)C(F)(F)F)cc2)c2nc(-c3ccccc3)n[nH]2)c1. The molecule has 0 radical (unpaired) electrons. The van der Waals surface area contributed by atoms with Crippen molar-refractivity contribution in [3.8, 4) is 11.4 Å². The Balaban J connectivity index is 1.59. The van der Waals surface area contributed by atoms with Gasteiger partial charge in [0.15, 0.2) is 17.5 Å². The first-order valence-corrected chi connectivity index (χ1v) is 11.3. The lowest BCUT2D eigenvalue weighted by atomic mass is 10.0. The third-order valence-corrected chi connectivity index (χ3v) is 5.45. The number of halogens is 3. The van der Waals surface area contributed by atoms with E-state index in [1.54, 1.807) is 12.1 Å². The smallest absolute Gasteiger partial charge is 0.380 e. The molecule has 1 aromatic heterocycles. The van der Waals surface area contributed by atoms with Crippen LogP contribution in [0.2, 0.25) is 0 Å². The van der Waals surface area contributed by atoms with Crippen LogP contribution in [0, 0.1) is 0 Å². The minimum absolute atomic E-state index is 0.274. The highest BCUT2D eigenvalue weighted by atomic mass is 19.4. The molecule has 1 unspecified atom stereocenters. The van der Waals surface area contributed by atoms with Gasteiger partial charge in [-0.2, -0.15) is 18.3 Å². The van der Waals surface area contributed by atoms with Crippen molar-refractivity contribution in [1.29, 1.82) is 0 Å². The second-order valence-electron chi connectivity index (χ2n) is 8.02. The molecule has 0 spiro atoms. The molecule has 11 heteroatoms. The number of rotatable bonds is 8. The van der Waals surface area contributed by atoms with E-state index in [0.29, 0.717) is 17.3 Å². The summed E-state index contributed by atoms with van der Waals surface area (Å²) in [5, 5.41) is 13.9. The summed E-state index contributed by atoms with van der Waals surface area (Å²) in [4.78, 5) is 19.4. The van der Waals surface area contributed by atoms with Crippen molar-refractivity contribution < 1.29 is 22.8 Å². The van der Waals surface area contributed by atoms with Crippen LogP contribution >= 0.6 is 0 Å². The molecule has 4 aromatic rings. The molecule has 1 atom stereocenters. The highest BCUT2D eigenvalue weighted by Gasteiger charge is 2.41. The van der Waals surface area contributed by atoms with Crippen molar-refractivity contribution in [3.05, 3.63) is 101 Å². The van der Waals surface area contributed by atoms with Gasteiger partial charge < -0.3 is 15.9 Å².